The minimum absolute atomic E-state index is 0.153. The van der Waals surface area contributed by atoms with E-state index in [0.717, 1.165) is 6.42 Å². The van der Waals surface area contributed by atoms with Crippen LogP contribution in [0.1, 0.15) is 36.3 Å². The molecule has 0 aliphatic heterocycles. The van der Waals surface area contributed by atoms with Gasteiger partial charge in [0.05, 0.1) is 11.4 Å². The van der Waals surface area contributed by atoms with Gasteiger partial charge in [0.2, 0.25) is 0 Å². The highest BCUT2D eigenvalue weighted by Crippen LogP contribution is 2.23. The van der Waals surface area contributed by atoms with Gasteiger partial charge in [0.25, 0.3) is 5.91 Å². The van der Waals surface area contributed by atoms with Crippen molar-refractivity contribution in [2.45, 2.75) is 27.2 Å². The third-order valence-electron chi connectivity index (χ3n) is 4.19. The van der Waals surface area contributed by atoms with Crippen LogP contribution in [-0.4, -0.2) is 26.8 Å². The van der Waals surface area contributed by atoms with Crippen molar-refractivity contribution in [1.82, 2.24) is 19.7 Å². The van der Waals surface area contributed by atoms with Crippen molar-refractivity contribution in [2.24, 2.45) is 5.92 Å². The van der Waals surface area contributed by atoms with Gasteiger partial charge in [0, 0.05) is 18.9 Å². The quantitative estimate of drug-likeness (QED) is 0.730. The lowest BCUT2D eigenvalue weighted by molar-refractivity contribution is 0.0951. The Bertz CT molecular complexity index is 879. The highest BCUT2D eigenvalue weighted by atomic mass is 19.1. The zero-order valence-corrected chi connectivity index (χ0v) is 15.2. The smallest absolute Gasteiger partial charge is 0.256 e. The SMILES string of the molecule is Cc1nn(-c2ccc(F)cc2)c(-n2cccc2)c1C(=O)NCCC(C)C. The number of nitrogens with zero attached hydrogens (tertiary/aromatic N) is 3. The maximum Gasteiger partial charge on any atom is 0.256 e. The summed E-state index contributed by atoms with van der Waals surface area (Å²) in [6.07, 6.45) is 4.64. The van der Waals surface area contributed by atoms with Crippen LogP contribution in [0.15, 0.2) is 48.8 Å². The number of nitrogens with one attached hydrogen (secondary N) is 1. The zero-order chi connectivity index (χ0) is 18.7. The van der Waals surface area contributed by atoms with Gasteiger partial charge >= 0.3 is 0 Å². The average Bonchev–Trinajstić information content (AvgIpc) is 3.22. The Hall–Kier alpha value is -2.89. The lowest BCUT2D eigenvalue weighted by Crippen LogP contribution is -2.27. The molecule has 1 amide bonds. The van der Waals surface area contributed by atoms with Crippen LogP contribution in [0.4, 0.5) is 4.39 Å². The van der Waals surface area contributed by atoms with Crippen LogP contribution < -0.4 is 5.32 Å². The summed E-state index contributed by atoms with van der Waals surface area (Å²) in [5, 5.41) is 7.53. The maximum absolute atomic E-state index is 13.3. The monoisotopic (exact) mass is 354 g/mol. The molecule has 136 valence electrons. The molecule has 0 unspecified atom stereocenters. The molecule has 2 aromatic heterocycles. The number of halogens is 1. The van der Waals surface area contributed by atoms with Gasteiger partial charge in [0.1, 0.15) is 11.4 Å². The van der Waals surface area contributed by atoms with Crippen LogP contribution in [0, 0.1) is 18.7 Å². The van der Waals surface area contributed by atoms with Crippen LogP contribution in [0.5, 0.6) is 0 Å². The Kier molecular flexibility index (Phi) is 5.21. The summed E-state index contributed by atoms with van der Waals surface area (Å²) < 4.78 is 16.8. The number of hydrogen-bond acceptors (Lipinski definition) is 2. The molecule has 5 nitrogen and oxygen atoms in total. The number of carbonyl (C=O) groups is 1. The molecule has 0 aliphatic carbocycles. The van der Waals surface area contributed by atoms with E-state index in [9.17, 15) is 9.18 Å². The van der Waals surface area contributed by atoms with Crippen molar-refractivity contribution < 1.29 is 9.18 Å². The van der Waals surface area contributed by atoms with E-state index in [-0.39, 0.29) is 11.7 Å². The molecule has 0 saturated carbocycles. The summed E-state index contributed by atoms with van der Waals surface area (Å²) in [6, 6.07) is 9.84. The largest absolute Gasteiger partial charge is 0.352 e. The van der Waals surface area contributed by atoms with Gasteiger partial charge in [-0.1, -0.05) is 13.8 Å². The van der Waals surface area contributed by atoms with Gasteiger partial charge in [-0.15, -0.1) is 0 Å². The van der Waals surface area contributed by atoms with Crippen molar-refractivity contribution in [3.05, 3.63) is 65.9 Å². The van der Waals surface area contributed by atoms with Gasteiger partial charge < -0.3 is 9.88 Å². The molecule has 0 aliphatic rings. The number of benzene rings is 1. The second-order valence-electron chi connectivity index (χ2n) is 6.70. The van der Waals surface area contributed by atoms with E-state index < -0.39 is 0 Å². The Balaban J connectivity index is 2.04. The van der Waals surface area contributed by atoms with Crippen LogP contribution in [0.25, 0.3) is 11.5 Å². The molecular formula is C20H23FN4O. The summed E-state index contributed by atoms with van der Waals surface area (Å²) in [7, 11) is 0. The fraction of sp³-hybridized carbons (Fsp3) is 0.300. The lowest BCUT2D eigenvalue weighted by atomic mass is 10.1. The predicted molar refractivity (Wildman–Crippen MR) is 99.4 cm³/mol. The third-order valence-corrected chi connectivity index (χ3v) is 4.19. The summed E-state index contributed by atoms with van der Waals surface area (Å²) in [5.74, 6) is 0.690. The first-order valence-corrected chi connectivity index (χ1v) is 8.74. The topological polar surface area (TPSA) is 51.9 Å². The first-order valence-electron chi connectivity index (χ1n) is 8.74. The molecule has 0 radical (unpaired) electrons. The molecule has 0 bridgehead atoms. The van der Waals surface area contributed by atoms with E-state index in [2.05, 4.69) is 24.3 Å². The lowest BCUT2D eigenvalue weighted by Gasteiger charge is -2.12. The number of rotatable bonds is 6. The molecule has 3 aromatic rings. The highest BCUT2D eigenvalue weighted by Gasteiger charge is 2.23. The van der Waals surface area contributed by atoms with Crippen molar-refractivity contribution in [1.29, 1.82) is 0 Å². The Labute approximate surface area is 152 Å². The molecular weight excluding hydrogens is 331 g/mol. The molecule has 0 spiro atoms. The summed E-state index contributed by atoms with van der Waals surface area (Å²) in [6.45, 7) is 6.66. The van der Waals surface area contributed by atoms with Crippen molar-refractivity contribution in [3.63, 3.8) is 0 Å². The second-order valence-corrected chi connectivity index (χ2v) is 6.70. The molecule has 3 rings (SSSR count). The second kappa shape index (κ2) is 7.56. The standard InChI is InChI=1S/C20H23FN4O/c1-14(2)10-11-22-19(26)18-15(3)23-25(17-8-6-16(21)7-9-17)20(18)24-12-4-5-13-24/h4-9,12-14H,10-11H2,1-3H3,(H,22,26). The van der Waals surface area contributed by atoms with Crippen LogP contribution in [0.2, 0.25) is 0 Å². The summed E-state index contributed by atoms with van der Waals surface area (Å²) in [5.41, 5.74) is 1.84. The summed E-state index contributed by atoms with van der Waals surface area (Å²) in [4.78, 5) is 12.8. The average molecular weight is 354 g/mol. The fourth-order valence-corrected chi connectivity index (χ4v) is 2.82. The minimum Gasteiger partial charge on any atom is -0.352 e. The molecule has 0 fully saturated rings. The van der Waals surface area contributed by atoms with Crippen molar-refractivity contribution in [3.8, 4) is 11.5 Å². The summed E-state index contributed by atoms with van der Waals surface area (Å²) >= 11 is 0. The van der Waals surface area contributed by atoms with E-state index in [1.165, 1.54) is 12.1 Å². The Morgan fingerprint density at radius 1 is 1.19 bits per heavy atom. The van der Waals surface area contributed by atoms with Gasteiger partial charge in [-0.25, -0.2) is 9.07 Å². The zero-order valence-electron chi connectivity index (χ0n) is 15.2. The van der Waals surface area contributed by atoms with Crippen molar-refractivity contribution in [2.75, 3.05) is 6.54 Å². The number of amides is 1. The van der Waals surface area contributed by atoms with Gasteiger partial charge in [-0.3, -0.25) is 4.79 Å². The molecule has 6 heteroatoms. The van der Waals surface area contributed by atoms with E-state index in [1.807, 2.05) is 36.0 Å². The van der Waals surface area contributed by atoms with Crippen molar-refractivity contribution >= 4 is 5.91 Å². The molecule has 0 atom stereocenters. The van der Waals surface area contributed by atoms with Crippen LogP contribution in [0.3, 0.4) is 0 Å². The molecule has 26 heavy (non-hydrogen) atoms. The maximum atomic E-state index is 13.3. The van der Waals surface area contributed by atoms with Gasteiger partial charge in [-0.2, -0.15) is 5.10 Å². The predicted octanol–water partition coefficient (Wildman–Crippen LogP) is 3.89. The molecule has 1 aromatic carbocycles. The van der Waals surface area contributed by atoms with Gasteiger partial charge in [-0.05, 0) is 55.7 Å². The third kappa shape index (κ3) is 3.69. The minimum atomic E-state index is -0.313. The Morgan fingerprint density at radius 2 is 1.85 bits per heavy atom. The van der Waals surface area contributed by atoms with Gasteiger partial charge in [0.15, 0.2) is 5.82 Å². The van der Waals surface area contributed by atoms with Crippen LogP contribution >= 0.6 is 0 Å². The first-order chi connectivity index (χ1) is 12.5. The fourth-order valence-electron chi connectivity index (χ4n) is 2.82. The number of aryl methyl sites for hydroxylation is 1. The molecule has 2 heterocycles. The van der Waals surface area contributed by atoms with Crippen LogP contribution in [-0.2, 0) is 0 Å². The number of aromatic nitrogens is 3. The molecule has 1 N–H and O–H groups in total. The molecule has 0 saturated heterocycles. The highest BCUT2D eigenvalue weighted by molar-refractivity contribution is 5.98. The normalized spacial score (nSPS) is 11.1. The first kappa shape index (κ1) is 17.9. The van der Waals surface area contributed by atoms with E-state index >= 15 is 0 Å². The van der Waals surface area contributed by atoms with E-state index in [1.54, 1.807) is 16.8 Å². The Morgan fingerprint density at radius 3 is 2.46 bits per heavy atom. The van der Waals surface area contributed by atoms with E-state index in [0.29, 0.717) is 35.2 Å². The number of hydrogen-bond donors (Lipinski definition) is 1. The number of carbonyl (C=O) groups excluding carboxylic acids is 1. The van der Waals surface area contributed by atoms with E-state index in [4.69, 9.17) is 0 Å².